The minimum Gasteiger partial charge on any atom is -0.356 e. The largest absolute Gasteiger partial charge is 0.356 e. The SMILES string of the molecule is C=CCCCCCN(C)C(=NC)NCC1CCCN(C(C)C)C1. The standard InChI is InChI=1S/C19H38N4/c1-6-7-8-9-10-13-22(5)19(20-4)21-15-18-12-11-14-23(16-18)17(2)3/h6,17-18H,1,7-16H2,2-5H3,(H,20,21). The molecule has 4 nitrogen and oxygen atoms in total. The zero-order valence-corrected chi connectivity index (χ0v) is 15.9. The third-order valence-corrected chi connectivity index (χ3v) is 4.80. The van der Waals surface area contributed by atoms with E-state index in [0.29, 0.717) is 6.04 Å². The highest BCUT2D eigenvalue weighted by molar-refractivity contribution is 5.79. The van der Waals surface area contributed by atoms with E-state index < -0.39 is 0 Å². The van der Waals surface area contributed by atoms with Crippen LogP contribution in [0, 0.1) is 5.92 Å². The number of nitrogens with zero attached hydrogens (tertiary/aromatic N) is 3. The van der Waals surface area contributed by atoms with Crippen molar-refractivity contribution in [1.82, 2.24) is 15.1 Å². The first kappa shape index (κ1) is 20.0. The number of unbranched alkanes of at least 4 members (excludes halogenated alkanes) is 3. The molecule has 0 saturated carbocycles. The van der Waals surface area contributed by atoms with E-state index in [1.54, 1.807) is 0 Å². The summed E-state index contributed by atoms with van der Waals surface area (Å²) < 4.78 is 0. The van der Waals surface area contributed by atoms with Crippen LogP contribution in [0.4, 0.5) is 0 Å². The molecule has 4 heteroatoms. The van der Waals surface area contributed by atoms with E-state index in [1.807, 2.05) is 13.1 Å². The number of aliphatic imine (C=N–C) groups is 1. The Balaban J connectivity index is 2.28. The molecule has 1 unspecified atom stereocenters. The first-order chi connectivity index (χ1) is 11.1. The highest BCUT2D eigenvalue weighted by Crippen LogP contribution is 2.17. The van der Waals surface area contributed by atoms with E-state index in [-0.39, 0.29) is 0 Å². The average Bonchev–Trinajstić information content (AvgIpc) is 2.55. The van der Waals surface area contributed by atoms with Crippen molar-refractivity contribution in [2.45, 2.75) is 58.4 Å². The van der Waals surface area contributed by atoms with Crippen LogP contribution in [0.5, 0.6) is 0 Å². The van der Waals surface area contributed by atoms with Gasteiger partial charge in [-0.05, 0) is 58.4 Å². The van der Waals surface area contributed by atoms with E-state index in [2.05, 4.69) is 47.6 Å². The Morgan fingerprint density at radius 3 is 2.83 bits per heavy atom. The summed E-state index contributed by atoms with van der Waals surface area (Å²) in [5.41, 5.74) is 0. The molecular weight excluding hydrogens is 284 g/mol. The number of guanidine groups is 1. The van der Waals surface area contributed by atoms with Crippen LogP contribution in [0.15, 0.2) is 17.6 Å². The normalized spacial score (nSPS) is 19.9. The van der Waals surface area contributed by atoms with Crippen molar-refractivity contribution in [3.8, 4) is 0 Å². The highest BCUT2D eigenvalue weighted by atomic mass is 15.3. The summed E-state index contributed by atoms with van der Waals surface area (Å²) in [5, 5.41) is 3.58. The Hall–Kier alpha value is -1.03. The van der Waals surface area contributed by atoms with Crippen LogP contribution in [0.3, 0.4) is 0 Å². The van der Waals surface area contributed by atoms with E-state index in [0.717, 1.165) is 31.4 Å². The predicted molar refractivity (Wildman–Crippen MR) is 102 cm³/mol. The van der Waals surface area contributed by atoms with Gasteiger partial charge in [0.1, 0.15) is 0 Å². The van der Waals surface area contributed by atoms with E-state index in [1.165, 1.54) is 45.2 Å². The second-order valence-corrected chi connectivity index (χ2v) is 7.08. The summed E-state index contributed by atoms with van der Waals surface area (Å²) in [5.74, 6) is 1.78. The fourth-order valence-electron chi connectivity index (χ4n) is 3.27. The summed E-state index contributed by atoms with van der Waals surface area (Å²) in [6.45, 7) is 13.0. The van der Waals surface area contributed by atoms with Gasteiger partial charge in [-0.15, -0.1) is 6.58 Å². The van der Waals surface area contributed by atoms with Gasteiger partial charge in [0.05, 0.1) is 0 Å². The van der Waals surface area contributed by atoms with Gasteiger partial charge >= 0.3 is 0 Å². The molecule has 0 bridgehead atoms. The highest BCUT2D eigenvalue weighted by Gasteiger charge is 2.21. The maximum absolute atomic E-state index is 4.44. The monoisotopic (exact) mass is 322 g/mol. The summed E-state index contributed by atoms with van der Waals surface area (Å²) in [4.78, 5) is 9.30. The molecule has 134 valence electrons. The van der Waals surface area contributed by atoms with E-state index >= 15 is 0 Å². The van der Waals surface area contributed by atoms with Gasteiger partial charge in [0.25, 0.3) is 0 Å². The number of nitrogens with one attached hydrogen (secondary N) is 1. The first-order valence-electron chi connectivity index (χ1n) is 9.35. The maximum atomic E-state index is 4.44. The molecule has 1 heterocycles. The molecule has 0 aliphatic carbocycles. The Kier molecular flexibility index (Phi) is 10.0. The van der Waals surface area contributed by atoms with Crippen molar-refractivity contribution in [1.29, 1.82) is 0 Å². The Labute approximate surface area is 144 Å². The molecule has 0 radical (unpaired) electrons. The third-order valence-electron chi connectivity index (χ3n) is 4.80. The van der Waals surface area contributed by atoms with Crippen molar-refractivity contribution in [3.05, 3.63) is 12.7 Å². The van der Waals surface area contributed by atoms with Crippen molar-refractivity contribution in [2.24, 2.45) is 10.9 Å². The van der Waals surface area contributed by atoms with Crippen molar-refractivity contribution in [2.75, 3.05) is 40.3 Å². The summed E-state index contributed by atoms with van der Waals surface area (Å²) in [6, 6.07) is 0.662. The predicted octanol–water partition coefficient (Wildman–Crippen LogP) is 3.36. The maximum Gasteiger partial charge on any atom is 0.193 e. The topological polar surface area (TPSA) is 30.9 Å². The van der Waals surface area contributed by atoms with Gasteiger partial charge in [0.2, 0.25) is 0 Å². The van der Waals surface area contributed by atoms with Gasteiger partial charge in [-0.1, -0.05) is 12.5 Å². The van der Waals surface area contributed by atoms with Crippen molar-refractivity contribution >= 4 is 5.96 Å². The molecule has 1 aliphatic rings. The number of likely N-dealkylation sites (tertiary alicyclic amines) is 1. The lowest BCUT2D eigenvalue weighted by Gasteiger charge is -2.36. The molecular formula is C19H38N4. The van der Waals surface area contributed by atoms with Crippen LogP contribution < -0.4 is 5.32 Å². The minimum atomic E-state index is 0.662. The van der Waals surface area contributed by atoms with Gasteiger partial charge in [0, 0.05) is 39.8 Å². The van der Waals surface area contributed by atoms with Crippen molar-refractivity contribution in [3.63, 3.8) is 0 Å². The quantitative estimate of drug-likeness (QED) is 0.306. The van der Waals surface area contributed by atoms with E-state index in [9.17, 15) is 0 Å². The molecule has 1 aliphatic heterocycles. The lowest BCUT2D eigenvalue weighted by atomic mass is 9.97. The number of piperidine rings is 1. The fraction of sp³-hybridized carbons (Fsp3) is 0.842. The zero-order chi connectivity index (χ0) is 17.1. The molecule has 1 rings (SSSR count). The zero-order valence-electron chi connectivity index (χ0n) is 15.9. The molecule has 1 fully saturated rings. The molecule has 0 aromatic rings. The third kappa shape index (κ3) is 7.87. The van der Waals surface area contributed by atoms with Gasteiger partial charge in [0.15, 0.2) is 5.96 Å². The van der Waals surface area contributed by atoms with Gasteiger partial charge < -0.3 is 15.1 Å². The first-order valence-corrected chi connectivity index (χ1v) is 9.35. The molecule has 0 spiro atoms. The smallest absolute Gasteiger partial charge is 0.193 e. The van der Waals surface area contributed by atoms with Crippen LogP contribution >= 0.6 is 0 Å². The molecule has 1 N–H and O–H groups in total. The lowest BCUT2D eigenvalue weighted by molar-refractivity contribution is 0.140. The second kappa shape index (κ2) is 11.5. The molecule has 1 atom stereocenters. The van der Waals surface area contributed by atoms with Crippen molar-refractivity contribution < 1.29 is 0 Å². The Morgan fingerprint density at radius 2 is 2.17 bits per heavy atom. The Bertz CT molecular complexity index is 351. The lowest BCUT2D eigenvalue weighted by Crippen LogP contribution is -2.46. The van der Waals surface area contributed by atoms with Crippen LogP contribution in [0.2, 0.25) is 0 Å². The molecule has 1 saturated heterocycles. The van der Waals surface area contributed by atoms with Crippen LogP contribution in [0.25, 0.3) is 0 Å². The number of hydrogen-bond acceptors (Lipinski definition) is 2. The van der Waals surface area contributed by atoms with Gasteiger partial charge in [-0.25, -0.2) is 0 Å². The van der Waals surface area contributed by atoms with E-state index in [4.69, 9.17) is 0 Å². The molecule has 0 aromatic carbocycles. The van der Waals surface area contributed by atoms with Gasteiger partial charge in [-0.3, -0.25) is 4.99 Å². The van der Waals surface area contributed by atoms with Crippen LogP contribution in [0.1, 0.15) is 52.4 Å². The molecule has 0 amide bonds. The molecule has 0 aromatic heterocycles. The fourth-order valence-corrected chi connectivity index (χ4v) is 3.27. The number of hydrogen-bond donors (Lipinski definition) is 1. The number of rotatable bonds is 9. The number of allylic oxidation sites excluding steroid dienone is 1. The minimum absolute atomic E-state index is 0.662. The van der Waals surface area contributed by atoms with Gasteiger partial charge in [-0.2, -0.15) is 0 Å². The average molecular weight is 323 g/mol. The summed E-state index contributed by atoms with van der Waals surface area (Å²) in [7, 11) is 4.03. The summed E-state index contributed by atoms with van der Waals surface area (Å²) in [6.07, 6.45) is 9.52. The molecule has 23 heavy (non-hydrogen) atoms. The second-order valence-electron chi connectivity index (χ2n) is 7.08. The van der Waals surface area contributed by atoms with Crippen LogP contribution in [-0.2, 0) is 0 Å². The van der Waals surface area contributed by atoms with Crippen LogP contribution in [-0.4, -0.2) is 62.1 Å². The summed E-state index contributed by atoms with van der Waals surface area (Å²) >= 11 is 0. The Morgan fingerprint density at radius 1 is 1.39 bits per heavy atom.